The molecule has 3 aromatic rings. The molecule has 0 fully saturated rings. The third-order valence-corrected chi connectivity index (χ3v) is 4.74. The second-order valence-electron chi connectivity index (χ2n) is 6.20. The van der Waals surface area contributed by atoms with E-state index in [1.54, 1.807) is 0 Å². The fourth-order valence-corrected chi connectivity index (χ4v) is 3.34. The van der Waals surface area contributed by atoms with E-state index in [4.69, 9.17) is 0 Å². The normalized spacial score (nSPS) is 10.6. The largest absolute Gasteiger partial charge is 0.325 e. The van der Waals surface area contributed by atoms with Gasteiger partial charge in [-0.05, 0) is 38.5 Å². The van der Waals surface area contributed by atoms with Crippen molar-refractivity contribution < 1.29 is 4.79 Å². The number of aryl methyl sites for hydroxylation is 3. The number of nitrogens with zero attached hydrogens (tertiary/aromatic N) is 2. The molecule has 0 aliphatic rings. The number of hydrogen-bond acceptors (Lipinski definition) is 4. The average Bonchev–Trinajstić information content (AvgIpc) is 2.63. The first-order valence-electron chi connectivity index (χ1n) is 8.42. The van der Waals surface area contributed by atoms with E-state index < -0.39 is 0 Å². The fourth-order valence-electron chi connectivity index (χ4n) is 2.63. The maximum atomic E-state index is 12.3. The van der Waals surface area contributed by atoms with E-state index in [2.05, 4.69) is 21.4 Å². The van der Waals surface area contributed by atoms with Crippen LogP contribution in [0, 0.1) is 20.8 Å². The summed E-state index contributed by atoms with van der Waals surface area (Å²) in [5.41, 5.74) is 5.88. The van der Waals surface area contributed by atoms with Crippen molar-refractivity contribution in [3.05, 3.63) is 71.4 Å². The quantitative estimate of drug-likeness (QED) is 0.522. The number of carbonyl (C=O) groups excluding carboxylic acids is 1. The van der Waals surface area contributed by atoms with Gasteiger partial charge in [-0.15, -0.1) is 0 Å². The Balaban J connectivity index is 1.67. The molecule has 0 radical (unpaired) electrons. The minimum atomic E-state index is -0.0617. The Labute approximate surface area is 158 Å². The molecule has 1 N–H and O–H groups in total. The lowest BCUT2D eigenvalue weighted by molar-refractivity contribution is -0.113. The maximum absolute atomic E-state index is 12.3. The van der Waals surface area contributed by atoms with Gasteiger partial charge < -0.3 is 5.32 Å². The number of carbonyl (C=O) groups is 1. The minimum Gasteiger partial charge on any atom is -0.325 e. The molecule has 1 heterocycles. The van der Waals surface area contributed by atoms with Crippen LogP contribution in [0.25, 0.3) is 11.3 Å². The number of amides is 1. The topological polar surface area (TPSA) is 54.9 Å². The predicted molar refractivity (Wildman–Crippen MR) is 107 cm³/mol. The van der Waals surface area contributed by atoms with Crippen molar-refractivity contribution in [2.75, 3.05) is 11.1 Å². The van der Waals surface area contributed by atoms with E-state index in [0.717, 1.165) is 28.2 Å². The van der Waals surface area contributed by atoms with E-state index in [1.165, 1.54) is 17.3 Å². The van der Waals surface area contributed by atoms with Gasteiger partial charge in [0, 0.05) is 16.9 Å². The van der Waals surface area contributed by atoms with Crippen LogP contribution in [0.15, 0.2) is 59.8 Å². The zero-order valence-corrected chi connectivity index (χ0v) is 15.9. The van der Waals surface area contributed by atoms with Gasteiger partial charge in [0.1, 0.15) is 0 Å². The number of thioether (sulfide) groups is 1. The smallest absolute Gasteiger partial charge is 0.234 e. The third-order valence-electron chi connectivity index (χ3n) is 3.89. The summed E-state index contributed by atoms with van der Waals surface area (Å²) in [6.07, 6.45) is 0. The highest BCUT2D eigenvalue weighted by Gasteiger charge is 2.09. The first kappa shape index (κ1) is 18.1. The second kappa shape index (κ2) is 8.15. The number of aromatic nitrogens is 2. The van der Waals surface area contributed by atoms with Crippen LogP contribution in [0.2, 0.25) is 0 Å². The summed E-state index contributed by atoms with van der Waals surface area (Å²) < 4.78 is 0. The van der Waals surface area contributed by atoms with Gasteiger partial charge in [-0.2, -0.15) is 0 Å². The lowest BCUT2D eigenvalue weighted by atomic mass is 10.1. The molecule has 3 rings (SSSR count). The van der Waals surface area contributed by atoms with Crippen molar-refractivity contribution in [2.24, 2.45) is 0 Å². The van der Waals surface area contributed by atoms with Crippen molar-refractivity contribution in [3.63, 3.8) is 0 Å². The van der Waals surface area contributed by atoms with Gasteiger partial charge in [-0.3, -0.25) is 4.79 Å². The van der Waals surface area contributed by atoms with Crippen LogP contribution in [0.1, 0.15) is 16.8 Å². The second-order valence-corrected chi connectivity index (χ2v) is 7.14. The summed E-state index contributed by atoms with van der Waals surface area (Å²) >= 11 is 1.35. The summed E-state index contributed by atoms with van der Waals surface area (Å²) in [6.45, 7) is 5.97. The molecule has 5 heteroatoms. The predicted octanol–water partition coefficient (Wildman–Crippen LogP) is 4.80. The first-order chi connectivity index (χ1) is 12.5. The van der Waals surface area contributed by atoms with E-state index in [-0.39, 0.29) is 11.7 Å². The lowest BCUT2D eigenvalue weighted by Crippen LogP contribution is -2.15. The molecule has 1 aromatic heterocycles. The number of rotatable bonds is 5. The van der Waals surface area contributed by atoms with Crippen molar-refractivity contribution in [1.29, 1.82) is 0 Å². The van der Waals surface area contributed by atoms with Crippen LogP contribution in [-0.4, -0.2) is 21.6 Å². The summed E-state index contributed by atoms with van der Waals surface area (Å²) in [7, 11) is 0. The maximum Gasteiger partial charge on any atom is 0.234 e. The molecule has 0 atom stereocenters. The Kier molecular flexibility index (Phi) is 5.68. The summed E-state index contributed by atoms with van der Waals surface area (Å²) in [6, 6.07) is 17.9. The highest BCUT2D eigenvalue weighted by Crippen LogP contribution is 2.22. The molecule has 0 saturated heterocycles. The van der Waals surface area contributed by atoms with Gasteiger partial charge >= 0.3 is 0 Å². The molecule has 0 bridgehead atoms. The van der Waals surface area contributed by atoms with Gasteiger partial charge in [0.05, 0.1) is 11.4 Å². The van der Waals surface area contributed by atoms with Crippen LogP contribution in [0.5, 0.6) is 0 Å². The van der Waals surface area contributed by atoms with Crippen LogP contribution in [0.4, 0.5) is 5.69 Å². The van der Waals surface area contributed by atoms with Gasteiger partial charge in [-0.1, -0.05) is 59.8 Å². The summed E-state index contributed by atoms with van der Waals surface area (Å²) in [4.78, 5) is 21.3. The third kappa shape index (κ3) is 4.70. The van der Waals surface area contributed by atoms with Crippen molar-refractivity contribution in [2.45, 2.75) is 25.9 Å². The standard InChI is InChI=1S/C21H21N3OS/c1-14-9-10-18(15(2)11-14)23-20(25)13-26-21-22-16(3)12-19(24-21)17-7-5-4-6-8-17/h4-12H,13H2,1-3H3,(H,23,25). The highest BCUT2D eigenvalue weighted by molar-refractivity contribution is 7.99. The molecular weight excluding hydrogens is 342 g/mol. The molecule has 1 amide bonds. The Hall–Kier alpha value is -2.66. The SMILES string of the molecule is Cc1ccc(NC(=O)CSc2nc(C)cc(-c3ccccc3)n2)c(C)c1. The molecular formula is C21H21N3OS. The van der Waals surface area contributed by atoms with Crippen molar-refractivity contribution in [1.82, 2.24) is 9.97 Å². The molecule has 132 valence electrons. The molecule has 26 heavy (non-hydrogen) atoms. The Morgan fingerprint density at radius 1 is 1.00 bits per heavy atom. The van der Waals surface area contributed by atoms with Crippen LogP contribution in [0.3, 0.4) is 0 Å². The van der Waals surface area contributed by atoms with Crippen molar-refractivity contribution >= 4 is 23.4 Å². The molecule has 2 aromatic carbocycles. The zero-order chi connectivity index (χ0) is 18.5. The summed E-state index contributed by atoms with van der Waals surface area (Å²) in [5.74, 6) is 0.207. The monoisotopic (exact) mass is 363 g/mol. The van der Waals surface area contributed by atoms with E-state index in [0.29, 0.717) is 5.16 Å². The van der Waals surface area contributed by atoms with E-state index >= 15 is 0 Å². The van der Waals surface area contributed by atoms with Crippen LogP contribution < -0.4 is 5.32 Å². The van der Waals surface area contributed by atoms with Crippen molar-refractivity contribution in [3.8, 4) is 11.3 Å². The number of nitrogens with one attached hydrogen (secondary N) is 1. The Morgan fingerprint density at radius 2 is 1.77 bits per heavy atom. The molecule has 0 saturated carbocycles. The molecule has 0 aliphatic carbocycles. The Bertz CT molecular complexity index is 926. The highest BCUT2D eigenvalue weighted by atomic mass is 32.2. The zero-order valence-electron chi connectivity index (χ0n) is 15.1. The molecule has 0 unspecified atom stereocenters. The molecule has 0 spiro atoms. The van der Waals surface area contributed by atoms with E-state index in [9.17, 15) is 4.79 Å². The summed E-state index contributed by atoms with van der Waals surface area (Å²) in [5, 5.41) is 3.56. The van der Waals surface area contributed by atoms with E-state index in [1.807, 2.05) is 69.3 Å². The average molecular weight is 363 g/mol. The number of anilines is 1. The molecule has 4 nitrogen and oxygen atoms in total. The number of benzene rings is 2. The minimum absolute atomic E-state index is 0.0617. The Morgan fingerprint density at radius 3 is 2.50 bits per heavy atom. The number of hydrogen-bond donors (Lipinski definition) is 1. The first-order valence-corrected chi connectivity index (χ1v) is 9.41. The lowest BCUT2D eigenvalue weighted by Gasteiger charge is -2.09. The van der Waals surface area contributed by atoms with Crippen LogP contribution >= 0.6 is 11.8 Å². The van der Waals surface area contributed by atoms with Gasteiger partial charge in [0.25, 0.3) is 0 Å². The molecule has 0 aliphatic heterocycles. The van der Waals surface area contributed by atoms with Crippen LogP contribution in [-0.2, 0) is 4.79 Å². The van der Waals surface area contributed by atoms with Gasteiger partial charge in [0.2, 0.25) is 5.91 Å². The fraction of sp³-hybridized carbons (Fsp3) is 0.190. The van der Waals surface area contributed by atoms with Gasteiger partial charge in [-0.25, -0.2) is 9.97 Å². The van der Waals surface area contributed by atoms with Gasteiger partial charge in [0.15, 0.2) is 5.16 Å².